The van der Waals surface area contributed by atoms with Crippen LogP contribution in [0.4, 0.5) is 5.69 Å². The largest absolute Gasteiger partial charge is 0.387 e. The van der Waals surface area contributed by atoms with Crippen molar-refractivity contribution in [1.29, 1.82) is 0 Å². The molecule has 1 aliphatic heterocycles. The highest BCUT2D eigenvalue weighted by Gasteiger charge is 2.19. The van der Waals surface area contributed by atoms with Crippen molar-refractivity contribution in [1.82, 2.24) is 4.98 Å². The minimum Gasteiger partial charge on any atom is -0.387 e. The molecule has 1 N–H and O–H groups in total. The number of ether oxygens (including phenoxy) is 1. The number of nitrogens with zero attached hydrogens (tertiary/aromatic N) is 2. The molecule has 2 rings (SSSR count). The summed E-state index contributed by atoms with van der Waals surface area (Å²) in [5.74, 6) is 0. The van der Waals surface area contributed by atoms with Gasteiger partial charge >= 0.3 is 0 Å². The number of hydrogen-bond donors (Lipinski definition) is 1. The number of rotatable bonds is 2. The Morgan fingerprint density at radius 1 is 1.56 bits per heavy atom. The van der Waals surface area contributed by atoms with Crippen molar-refractivity contribution in [2.45, 2.75) is 26.0 Å². The highest BCUT2D eigenvalue weighted by atomic mass is 16.5. The van der Waals surface area contributed by atoms with E-state index in [1.807, 2.05) is 18.3 Å². The molecule has 4 heteroatoms. The molecule has 1 fully saturated rings. The van der Waals surface area contributed by atoms with Crippen LogP contribution in [0.1, 0.15) is 25.6 Å². The zero-order chi connectivity index (χ0) is 11.5. The van der Waals surface area contributed by atoms with Gasteiger partial charge < -0.3 is 14.7 Å². The highest BCUT2D eigenvalue weighted by Crippen LogP contribution is 2.20. The molecule has 1 unspecified atom stereocenters. The number of aromatic nitrogens is 1. The predicted octanol–water partition coefficient (Wildman–Crippen LogP) is 1.36. The Kier molecular flexibility index (Phi) is 3.41. The third-order valence-corrected chi connectivity index (χ3v) is 2.90. The minimum atomic E-state index is -0.504. The first kappa shape index (κ1) is 11.4. The SMILES string of the molecule is CC1COCCN1c1ccc([C@@H](C)O)nc1. The molecule has 2 atom stereocenters. The highest BCUT2D eigenvalue weighted by molar-refractivity contribution is 5.46. The fourth-order valence-electron chi connectivity index (χ4n) is 1.93. The third-order valence-electron chi connectivity index (χ3n) is 2.90. The van der Waals surface area contributed by atoms with Crippen molar-refractivity contribution in [3.63, 3.8) is 0 Å². The van der Waals surface area contributed by atoms with Gasteiger partial charge in [0.05, 0.1) is 36.9 Å². The Balaban J connectivity index is 2.14. The summed E-state index contributed by atoms with van der Waals surface area (Å²) in [5, 5.41) is 9.38. The molecule has 0 aromatic carbocycles. The summed E-state index contributed by atoms with van der Waals surface area (Å²) in [6.07, 6.45) is 1.32. The lowest BCUT2D eigenvalue weighted by molar-refractivity contribution is 0.0989. The van der Waals surface area contributed by atoms with Gasteiger partial charge in [0.15, 0.2) is 0 Å². The van der Waals surface area contributed by atoms with Gasteiger partial charge in [-0.25, -0.2) is 0 Å². The molecule has 1 aliphatic rings. The first-order chi connectivity index (χ1) is 7.68. The van der Waals surface area contributed by atoms with Crippen LogP contribution in [-0.4, -0.2) is 35.9 Å². The van der Waals surface area contributed by atoms with Crippen LogP contribution in [0.25, 0.3) is 0 Å². The summed E-state index contributed by atoms with van der Waals surface area (Å²) < 4.78 is 5.39. The van der Waals surface area contributed by atoms with Crippen molar-refractivity contribution in [3.05, 3.63) is 24.0 Å². The van der Waals surface area contributed by atoms with Crippen molar-refractivity contribution in [2.24, 2.45) is 0 Å². The van der Waals surface area contributed by atoms with Crippen molar-refractivity contribution >= 4 is 5.69 Å². The van der Waals surface area contributed by atoms with Crippen LogP contribution < -0.4 is 4.90 Å². The average molecular weight is 222 g/mol. The normalized spacial score (nSPS) is 23.2. The molecule has 16 heavy (non-hydrogen) atoms. The molecule has 1 saturated heterocycles. The lowest BCUT2D eigenvalue weighted by atomic mass is 10.2. The number of morpholine rings is 1. The Hall–Kier alpha value is -1.13. The van der Waals surface area contributed by atoms with Gasteiger partial charge in [0.2, 0.25) is 0 Å². The minimum absolute atomic E-state index is 0.382. The molecule has 0 aliphatic carbocycles. The molecule has 0 bridgehead atoms. The van der Waals surface area contributed by atoms with E-state index in [1.165, 1.54) is 0 Å². The molecule has 0 spiro atoms. The second-order valence-electron chi connectivity index (χ2n) is 4.23. The van der Waals surface area contributed by atoms with Crippen molar-refractivity contribution in [2.75, 3.05) is 24.7 Å². The van der Waals surface area contributed by atoms with E-state index in [2.05, 4.69) is 16.8 Å². The first-order valence-corrected chi connectivity index (χ1v) is 5.67. The van der Waals surface area contributed by atoms with Crippen LogP contribution >= 0.6 is 0 Å². The Morgan fingerprint density at radius 2 is 2.38 bits per heavy atom. The van der Waals surface area contributed by atoms with Gasteiger partial charge in [-0.05, 0) is 26.0 Å². The van der Waals surface area contributed by atoms with Gasteiger partial charge in [0, 0.05) is 12.6 Å². The fraction of sp³-hybridized carbons (Fsp3) is 0.583. The molecule has 0 radical (unpaired) electrons. The molecule has 1 aromatic rings. The fourth-order valence-corrected chi connectivity index (χ4v) is 1.93. The molecular weight excluding hydrogens is 204 g/mol. The zero-order valence-electron chi connectivity index (χ0n) is 9.76. The van der Waals surface area contributed by atoms with E-state index in [1.54, 1.807) is 6.92 Å². The van der Waals surface area contributed by atoms with Crippen LogP contribution in [0, 0.1) is 0 Å². The maximum atomic E-state index is 9.38. The van der Waals surface area contributed by atoms with E-state index in [9.17, 15) is 5.11 Å². The molecule has 0 amide bonds. The topological polar surface area (TPSA) is 45.6 Å². The summed E-state index contributed by atoms with van der Waals surface area (Å²) in [6, 6.07) is 4.27. The Labute approximate surface area is 95.9 Å². The zero-order valence-corrected chi connectivity index (χ0v) is 9.76. The molecule has 88 valence electrons. The van der Waals surface area contributed by atoms with Gasteiger partial charge in [0.1, 0.15) is 0 Å². The third kappa shape index (κ3) is 2.33. The smallest absolute Gasteiger partial charge is 0.0931 e. The van der Waals surface area contributed by atoms with Gasteiger partial charge in [0.25, 0.3) is 0 Å². The predicted molar refractivity (Wildman–Crippen MR) is 62.5 cm³/mol. The second-order valence-corrected chi connectivity index (χ2v) is 4.23. The number of aliphatic hydroxyl groups excluding tert-OH is 1. The van der Waals surface area contributed by atoms with Gasteiger partial charge in [-0.1, -0.05) is 0 Å². The average Bonchev–Trinajstić information content (AvgIpc) is 2.30. The summed E-state index contributed by atoms with van der Waals surface area (Å²) in [5.41, 5.74) is 1.81. The van der Waals surface area contributed by atoms with E-state index >= 15 is 0 Å². The number of hydrogen-bond acceptors (Lipinski definition) is 4. The van der Waals surface area contributed by atoms with E-state index in [0.717, 1.165) is 25.4 Å². The van der Waals surface area contributed by atoms with E-state index in [0.29, 0.717) is 11.7 Å². The lowest BCUT2D eigenvalue weighted by Gasteiger charge is -2.35. The van der Waals surface area contributed by atoms with Crippen LogP contribution in [-0.2, 0) is 4.74 Å². The maximum absolute atomic E-state index is 9.38. The summed E-state index contributed by atoms with van der Waals surface area (Å²) >= 11 is 0. The van der Waals surface area contributed by atoms with Gasteiger partial charge in [-0.3, -0.25) is 4.98 Å². The number of aliphatic hydroxyl groups is 1. The number of pyridine rings is 1. The lowest BCUT2D eigenvalue weighted by Crippen LogP contribution is -2.43. The van der Waals surface area contributed by atoms with E-state index in [-0.39, 0.29) is 0 Å². The van der Waals surface area contributed by atoms with E-state index < -0.39 is 6.10 Å². The van der Waals surface area contributed by atoms with Gasteiger partial charge in [-0.15, -0.1) is 0 Å². The summed E-state index contributed by atoms with van der Waals surface area (Å²) in [6.45, 7) is 6.29. The molecule has 2 heterocycles. The molecular formula is C12H18N2O2. The Bertz CT molecular complexity index is 337. The summed E-state index contributed by atoms with van der Waals surface area (Å²) in [7, 11) is 0. The quantitative estimate of drug-likeness (QED) is 0.820. The molecule has 1 aromatic heterocycles. The van der Waals surface area contributed by atoms with Crippen molar-refractivity contribution < 1.29 is 9.84 Å². The van der Waals surface area contributed by atoms with Crippen LogP contribution in [0.3, 0.4) is 0 Å². The maximum Gasteiger partial charge on any atom is 0.0931 e. The van der Waals surface area contributed by atoms with Crippen LogP contribution in [0.2, 0.25) is 0 Å². The van der Waals surface area contributed by atoms with Crippen LogP contribution in [0.15, 0.2) is 18.3 Å². The second kappa shape index (κ2) is 4.80. The molecule has 4 nitrogen and oxygen atoms in total. The van der Waals surface area contributed by atoms with Crippen molar-refractivity contribution in [3.8, 4) is 0 Å². The number of anilines is 1. The van der Waals surface area contributed by atoms with Crippen LogP contribution in [0.5, 0.6) is 0 Å². The standard InChI is InChI=1S/C12H18N2O2/c1-9-8-16-6-5-14(9)11-3-4-12(10(2)15)13-7-11/h3-4,7,9-10,15H,5-6,8H2,1-2H3/t9?,10-/m1/s1. The first-order valence-electron chi connectivity index (χ1n) is 5.67. The van der Waals surface area contributed by atoms with E-state index in [4.69, 9.17) is 4.74 Å². The Morgan fingerprint density at radius 3 is 2.94 bits per heavy atom. The summed E-state index contributed by atoms with van der Waals surface area (Å²) in [4.78, 5) is 6.54. The monoisotopic (exact) mass is 222 g/mol. The van der Waals surface area contributed by atoms with Gasteiger partial charge in [-0.2, -0.15) is 0 Å². The molecule has 0 saturated carbocycles.